The summed E-state index contributed by atoms with van der Waals surface area (Å²) in [7, 11) is 0. The molecule has 0 radical (unpaired) electrons. The van der Waals surface area contributed by atoms with E-state index in [-0.39, 0.29) is 0 Å². The van der Waals surface area contributed by atoms with Gasteiger partial charge in [-0.15, -0.1) is 0 Å². The van der Waals surface area contributed by atoms with Crippen molar-refractivity contribution < 1.29 is 0 Å². The van der Waals surface area contributed by atoms with Gasteiger partial charge in [-0.3, -0.25) is 0 Å². The molecule has 0 saturated carbocycles. The summed E-state index contributed by atoms with van der Waals surface area (Å²) in [6.07, 6.45) is 4.56. The van der Waals surface area contributed by atoms with Crippen molar-refractivity contribution in [3.63, 3.8) is 0 Å². The molecule has 2 rings (SSSR count). The number of aromatic nitrogens is 2. The fraction of sp³-hybridized carbons (Fsp3) is 0.308. The molecule has 4 heteroatoms. The lowest BCUT2D eigenvalue weighted by molar-refractivity contribution is 0.539. The van der Waals surface area contributed by atoms with Gasteiger partial charge in [-0.2, -0.15) is 0 Å². The molecule has 0 aliphatic carbocycles. The number of imidazole rings is 1. The summed E-state index contributed by atoms with van der Waals surface area (Å²) >= 11 is 2.35. The van der Waals surface area contributed by atoms with Crippen molar-refractivity contribution in [3.05, 3.63) is 51.6 Å². The number of rotatable bonds is 5. The Balaban J connectivity index is 2.16. The van der Waals surface area contributed by atoms with E-state index in [1.54, 1.807) is 6.20 Å². The van der Waals surface area contributed by atoms with Crippen molar-refractivity contribution in [1.82, 2.24) is 15.3 Å². The Morgan fingerprint density at radius 1 is 1.47 bits per heavy atom. The summed E-state index contributed by atoms with van der Waals surface area (Å²) < 4.78 is 1.27. The monoisotopic (exact) mass is 341 g/mol. The number of nitrogens with one attached hydrogen (secondary N) is 2. The lowest BCUT2D eigenvalue weighted by atomic mass is 10.0. The minimum atomic E-state index is 0.320. The molecule has 0 spiro atoms. The van der Waals surface area contributed by atoms with E-state index in [2.05, 4.69) is 69.1 Å². The number of halogens is 1. The normalized spacial score (nSPS) is 12.6. The summed E-state index contributed by atoms with van der Waals surface area (Å²) in [4.78, 5) is 7.45. The van der Waals surface area contributed by atoms with Gasteiger partial charge in [-0.1, -0.05) is 19.1 Å². The Kier molecular flexibility index (Phi) is 4.56. The maximum atomic E-state index is 4.29. The maximum Gasteiger partial charge on any atom is 0.107 e. The summed E-state index contributed by atoms with van der Waals surface area (Å²) in [5, 5.41) is 3.50. The molecule has 0 aliphatic rings. The Hall–Kier alpha value is -0.880. The third kappa shape index (κ3) is 3.54. The van der Waals surface area contributed by atoms with Gasteiger partial charge in [0, 0.05) is 28.4 Å². The van der Waals surface area contributed by atoms with Crippen LogP contribution in [0.2, 0.25) is 0 Å². The van der Waals surface area contributed by atoms with E-state index in [1.807, 2.05) is 6.20 Å². The molecule has 2 aromatic rings. The minimum Gasteiger partial charge on any atom is -0.349 e. The number of benzene rings is 1. The molecule has 0 saturated heterocycles. The number of hydrogen-bond acceptors (Lipinski definition) is 2. The Labute approximate surface area is 115 Å². The SMILES string of the molecule is CCNC(Cc1ncc[nH]1)c1cccc(I)c1. The van der Waals surface area contributed by atoms with Crippen LogP contribution in [0.5, 0.6) is 0 Å². The van der Waals surface area contributed by atoms with Crippen molar-refractivity contribution >= 4 is 22.6 Å². The molecule has 17 heavy (non-hydrogen) atoms. The topological polar surface area (TPSA) is 40.7 Å². The molecular weight excluding hydrogens is 325 g/mol. The second kappa shape index (κ2) is 6.16. The first-order valence-corrected chi connectivity index (χ1v) is 6.84. The van der Waals surface area contributed by atoms with Crippen LogP contribution in [0, 0.1) is 3.57 Å². The lowest BCUT2D eigenvalue weighted by Gasteiger charge is -2.17. The fourth-order valence-electron chi connectivity index (χ4n) is 1.88. The van der Waals surface area contributed by atoms with E-state index < -0.39 is 0 Å². The van der Waals surface area contributed by atoms with Crippen LogP contribution in [0.3, 0.4) is 0 Å². The van der Waals surface area contributed by atoms with Gasteiger partial charge < -0.3 is 10.3 Å². The molecule has 0 fully saturated rings. The predicted molar refractivity (Wildman–Crippen MR) is 77.9 cm³/mol. The maximum absolute atomic E-state index is 4.29. The number of H-pyrrole nitrogens is 1. The molecule has 0 bridgehead atoms. The zero-order valence-electron chi connectivity index (χ0n) is 9.78. The highest BCUT2D eigenvalue weighted by Gasteiger charge is 2.12. The highest BCUT2D eigenvalue weighted by atomic mass is 127. The first-order valence-electron chi connectivity index (χ1n) is 5.76. The van der Waals surface area contributed by atoms with Gasteiger partial charge in [-0.25, -0.2) is 4.98 Å². The van der Waals surface area contributed by atoms with E-state index in [0.717, 1.165) is 18.8 Å². The third-order valence-electron chi connectivity index (χ3n) is 2.65. The van der Waals surface area contributed by atoms with Gasteiger partial charge in [0.1, 0.15) is 5.82 Å². The molecule has 1 aromatic heterocycles. The van der Waals surface area contributed by atoms with Crippen LogP contribution in [0.15, 0.2) is 36.7 Å². The van der Waals surface area contributed by atoms with Crippen molar-refractivity contribution in [3.8, 4) is 0 Å². The van der Waals surface area contributed by atoms with Crippen LogP contribution in [-0.2, 0) is 6.42 Å². The van der Waals surface area contributed by atoms with Crippen molar-refractivity contribution in [2.45, 2.75) is 19.4 Å². The Bertz CT molecular complexity index is 453. The molecule has 90 valence electrons. The summed E-state index contributed by atoms with van der Waals surface area (Å²) in [5.41, 5.74) is 1.31. The van der Waals surface area contributed by atoms with Crippen LogP contribution in [0.1, 0.15) is 24.4 Å². The first-order chi connectivity index (χ1) is 8.29. The van der Waals surface area contributed by atoms with Gasteiger partial charge in [0.2, 0.25) is 0 Å². The van der Waals surface area contributed by atoms with Gasteiger partial charge in [-0.05, 0) is 46.8 Å². The Morgan fingerprint density at radius 3 is 3.00 bits per heavy atom. The highest BCUT2D eigenvalue weighted by molar-refractivity contribution is 14.1. The van der Waals surface area contributed by atoms with Crippen LogP contribution >= 0.6 is 22.6 Å². The lowest BCUT2D eigenvalue weighted by Crippen LogP contribution is -2.23. The van der Waals surface area contributed by atoms with Crippen LogP contribution in [0.25, 0.3) is 0 Å². The summed E-state index contributed by atoms with van der Waals surface area (Å²) in [6.45, 7) is 3.08. The largest absolute Gasteiger partial charge is 0.349 e. The van der Waals surface area contributed by atoms with E-state index >= 15 is 0 Å². The van der Waals surface area contributed by atoms with Crippen LogP contribution in [0.4, 0.5) is 0 Å². The highest BCUT2D eigenvalue weighted by Crippen LogP contribution is 2.19. The van der Waals surface area contributed by atoms with Crippen LogP contribution in [-0.4, -0.2) is 16.5 Å². The standard InChI is InChI=1S/C13H16IN3/c1-2-15-12(9-13-16-6-7-17-13)10-4-3-5-11(14)8-10/h3-8,12,15H,2,9H2,1H3,(H,16,17). The van der Waals surface area contributed by atoms with Gasteiger partial charge in [0.05, 0.1) is 0 Å². The smallest absolute Gasteiger partial charge is 0.107 e. The number of hydrogen-bond donors (Lipinski definition) is 2. The average molecular weight is 341 g/mol. The zero-order valence-corrected chi connectivity index (χ0v) is 11.9. The first kappa shape index (κ1) is 12.6. The van der Waals surface area contributed by atoms with Crippen molar-refractivity contribution in [2.24, 2.45) is 0 Å². The van der Waals surface area contributed by atoms with E-state index in [0.29, 0.717) is 6.04 Å². The minimum absolute atomic E-state index is 0.320. The molecular formula is C13H16IN3. The molecule has 1 heterocycles. The van der Waals surface area contributed by atoms with E-state index in [9.17, 15) is 0 Å². The molecule has 3 nitrogen and oxygen atoms in total. The van der Waals surface area contributed by atoms with Crippen molar-refractivity contribution in [2.75, 3.05) is 6.54 Å². The predicted octanol–water partition coefficient (Wildman–Crippen LogP) is 2.91. The average Bonchev–Trinajstić information content (AvgIpc) is 2.81. The second-order valence-electron chi connectivity index (χ2n) is 3.91. The van der Waals surface area contributed by atoms with Crippen LogP contribution < -0.4 is 5.32 Å². The van der Waals surface area contributed by atoms with Gasteiger partial charge in [0.25, 0.3) is 0 Å². The summed E-state index contributed by atoms with van der Waals surface area (Å²) in [5.74, 6) is 1.02. The zero-order chi connectivity index (χ0) is 12.1. The summed E-state index contributed by atoms with van der Waals surface area (Å²) in [6, 6.07) is 8.92. The number of nitrogens with zero attached hydrogens (tertiary/aromatic N) is 1. The van der Waals surface area contributed by atoms with Gasteiger partial charge >= 0.3 is 0 Å². The number of aromatic amines is 1. The quantitative estimate of drug-likeness (QED) is 0.821. The third-order valence-corrected chi connectivity index (χ3v) is 3.32. The Morgan fingerprint density at radius 2 is 2.35 bits per heavy atom. The van der Waals surface area contributed by atoms with E-state index in [4.69, 9.17) is 0 Å². The molecule has 1 aromatic carbocycles. The van der Waals surface area contributed by atoms with Crippen molar-refractivity contribution in [1.29, 1.82) is 0 Å². The fourth-order valence-corrected chi connectivity index (χ4v) is 2.45. The molecule has 0 aliphatic heterocycles. The molecule has 0 amide bonds. The van der Waals surface area contributed by atoms with E-state index in [1.165, 1.54) is 9.13 Å². The van der Waals surface area contributed by atoms with Gasteiger partial charge in [0.15, 0.2) is 0 Å². The molecule has 1 unspecified atom stereocenters. The molecule has 2 N–H and O–H groups in total. The number of likely N-dealkylation sites (N-methyl/N-ethyl adjacent to an activating group) is 1. The molecule has 1 atom stereocenters. The second-order valence-corrected chi connectivity index (χ2v) is 5.15.